The first-order valence-corrected chi connectivity index (χ1v) is 11.1. The highest BCUT2D eigenvalue weighted by atomic mass is 32.2. The van der Waals surface area contributed by atoms with Crippen molar-refractivity contribution in [3.8, 4) is 5.69 Å². The van der Waals surface area contributed by atoms with Gasteiger partial charge in [-0.15, -0.1) is 0 Å². The van der Waals surface area contributed by atoms with Crippen molar-refractivity contribution in [3.63, 3.8) is 0 Å². The average Bonchev–Trinajstić information content (AvgIpc) is 2.87. The number of aromatic nitrogens is 2. The van der Waals surface area contributed by atoms with Gasteiger partial charge in [0.25, 0.3) is 17.2 Å². The van der Waals surface area contributed by atoms with Crippen LogP contribution in [-0.4, -0.2) is 32.0 Å². The quantitative estimate of drug-likeness (QED) is 0.182. The number of amides is 2. The maximum absolute atomic E-state index is 14.5. The van der Waals surface area contributed by atoms with E-state index in [-0.39, 0.29) is 27.8 Å². The van der Waals surface area contributed by atoms with Crippen molar-refractivity contribution in [2.75, 3.05) is 5.75 Å². The zero-order valence-corrected chi connectivity index (χ0v) is 18.6. The second-order valence-electron chi connectivity index (χ2n) is 7.10. The number of carbonyl (C=O) groups excluding carboxylic acids is 2. The topological polar surface area (TPSA) is 136 Å². The number of benzene rings is 3. The summed E-state index contributed by atoms with van der Waals surface area (Å²) in [6, 6.07) is 17.1. The summed E-state index contributed by atoms with van der Waals surface area (Å²) in [5, 5.41) is 11.1. The third-order valence-corrected chi connectivity index (χ3v) is 5.76. The van der Waals surface area contributed by atoms with Gasteiger partial charge in [-0.1, -0.05) is 36.0 Å². The minimum Gasteiger partial charge on any atom is -0.272 e. The fourth-order valence-electron chi connectivity index (χ4n) is 3.15. The van der Waals surface area contributed by atoms with Crippen molar-refractivity contribution in [2.45, 2.75) is 5.16 Å². The van der Waals surface area contributed by atoms with Crippen molar-refractivity contribution >= 4 is 40.2 Å². The van der Waals surface area contributed by atoms with Crippen LogP contribution in [-0.2, 0) is 4.79 Å². The van der Waals surface area contributed by atoms with Crippen LogP contribution >= 0.6 is 11.8 Å². The molecule has 176 valence electrons. The summed E-state index contributed by atoms with van der Waals surface area (Å²) in [6.45, 7) is 0. The zero-order chi connectivity index (χ0) is 24.9. The van der Waals surface area contributed by atoms with E-state index in [0.717, 1.165) is 16.3 Å². The fraction of sp³-hybridized carbons (Fsp3) is 0.0435. The van der Waals surface area contributed by atoms with Crippen molar-refractivity contribution in [1.29, 1.82) is 0 Å². The minimum atomic E-state index is -0.676. The maximum Gasteiger partial charge on any atom is 0.269 e. The zero-order valence-electron chi connectivity index (χ0n) is 17.8. The Morgan fingerprint density at radius 3 is 2.40 bits per heavy atom. The van der Waals surface area contributed by atoms with E-state index in [9.17, 15) is 28.9 Å². The molecule has 0 unspecified atom stereocenters. The molecule has 3 aromatic carbocycles. The third kappa shape index (κ3) is 5.17. The largest absolute Gasteiger partial charge is 0.272 e. The number of halogens is 1. The normalized spacial score (nSPS) is 10.7. The number of thioether (sulfide) groups is 1. The van der Waals surface area contributed by atoms with Gasteiger partial charge < -0.3 is 0 Å². The van der Waals surface area contributed by atoms with Gasteiger partial charge in [-0.2, -0.15) is 0 Å². The SMILES string of the molecule is O=C(CSc1nc2ccccc2c(=O)n1-c1ccccc1F)NNC(=O)c1ccc([N+](=O)[O-])cc1. The molecule has 0 fully saturated rings. The number of hydrogen-bond acceptors (Lipinski definition) is 7. The van der Waals surface area contributed by atoms with E-state index in [1.807, 2.05) is 0 Å². The Balaban J connectivity index is 1.50. The summed E-state index contributed by atoms with van der Waals surface area (Å²) in [6.07, 6.45) is 0. The molecule has 0 saturated heterocycles. The minimum absolute atomic E-state index is 0.00913. The number of nitrogens with zero attached hydrogens (tertiary/aromatic N) is 3. The molecule has 2 amide bonds. The lowest BCUT2D eigenvalue weighted by Crippen LogP contribution is -2.42. The number of nitro groups is 1. The molecule has 0 saturated carbocycles. The van der Waals surface area contributed by atoms with Crippen LogP contribution in [0.1, 0.15) is 10.4 Å². The van der Waals surface area contributed by atoms with Crippen molar-refractivity contribution in [2.24, 2.45) is 0 Å². The number of non-ortho nitro benzene ring substituents is 1. The summed E-state index contributed by atoms with van der Waals surface area (Å²) in [5.74, 6) is -2.17. The Morgan fingerprint density at radius 1 is 1.00 bits per heavy atom. The van der Waals surface area contributed by atoms with Gasteiger partial charge in [0.15, 0.2) is 5.16 Å². The highest BCUT2D eigenvalue weighted by Gasteiger charge is 2.17. The predicted molar refractivity (Wildman–Crippen MR) is 127 cm³/mol. The molecule has 0 aliphatic rings. The molecule has 0 radical (unpaired) electrons. The number of nitrogens with one attached hydrogen (secondary N) is 2. The van der Waals surface area contributed by atoms with Crippen LogP contribution in [0.4, 0.5) is 10.1 Å². The van der Waals surface area contributed by atoms with E-state index in [2.05, 4.69) is 15.8 Å². The Bertz CT molecular complexity index is 1510. The predicted octanol–water partition coefficient (Wildman–Crippen LogP) is 2.99. The first kappa shape index (κ1) is 23.6. The molecule has 0 aliphatic heterocycles. The summed E-state index contributed by atoms with van der Waals surface area (Å²) in [5.41, 5.74) is 4.26. The van der Waals surface area contributed by atoms with Gasteiger partial charge in [0, 0.05) is 17.7 Å². The molecule has 4 rings (SSSR count). The highest BCUT2D eigenvalue weighted by molar-refractivity contribution is 7.99. The molecule has 4 aromatic rings. The van der Waals surface area contributed by atoms with Crippen molar-refractivity contribution in [3.05, 3.63) is 105 Å². The van der Waals surface area contributed by atoms with E-state index in [4.69, 9.17) is 0 Å². The van der Waals surface area contributed by atoms with Gasteiger partial charge in [0.1, 0.15) is 5.82 Å². The molecule has 35 heavy (non-hydrogen) atoms. The van der Waals surface area contributed by atoms with Crippen LogP contribution in [0.25, 0.3) is 16.6 Å². The molecule has 2 N–H and O–H groups in total. The number of nitro benzene ring substituents is 1. The number of carbonyl (C=O) groups is 2. The van der Waals surface area contributed by atoms with Crippen LogP contribution in [0, 0.1) is 15.9 Å². The van der Waals surface area contributed by atoms with E-state index < -0.39 is 28.1 Å². The van der Waals surface area contributed by atoms with Gasteiger partial charge in [0.2, 0.25) is 5.91 Å². The van der Waals surface area contributed by atoms with Crippen LogP contribution in [0.15, 0.2) is 82.7 Å². The monoisotopic (exact) mass is 493 g/mol. The Kier molecular flexibility index (Phi) is 6.83. The number of hydrogen-bond donors (Lipinski definition) is 2. The molecule has 0 bridgehead atoms. The molecule has 0 atom stereocenters. The third-order valence-electron chi connectivity index (χ3n) is 4.83. The molecular formula is C23H16FN5O5S. The van der Waals surface area contributed by atoms with Crippen LogP contribution < -0.4 is 16.4 Å². The molecular weight excluding hydrogens is 477 g/mol. The van der Waals surface area contributed by atoms with Gasteiger partial charge in [0.05, 0.1) is 27.3 Å². The lowest BCUT2D eigenvalue weighted by molar-refractivity contribution is -0.384. The molecule has 12 heteroatoms. The van der Waals surface area contributed by atoms with Crippen LogP contribution in [0.2, 0.25) is 0 Å². The summed E-state index contributed by atoms with van der Waals surface area (Å²) in [7, 11) is 0. The summed E-state index contributed by atoms with van der Waals surface area (Å²) < 4.78 is 15.6. The fourth-order valence-corrected chi connectivity index (χ4v) is 3.96. The van der Waals surface area contributed by atoms with Gasteiger partial charge in [-0.05, 0) is 36.4 Å². The maximum atomic E-state index is 14.5. The standard InChI is InChI=1S/C23H16FN5O5S/c24-17-6-2-4-8-19(17)28-22(32)16-5-1-3-7-18(16)25-23(28)35-13-20(30)26-27-21(31)14-9-11-15(12-10-14)29(33)34/h1-12H,13H2,(H,26,30)(H,27,31). The highest BCUT2D eigenvalue weighted by Crippen LogP contribution is 2.22. The average molecular weight is 493 g/mol. The first-order valence-electron chi connectivity index (χ1n) is 10.1. The van der Waals surface area contributed by atoms with Gasteiger partial charge >= 0.3 is 0 Å². The van der Waals surface area contributed by atoms with Gasteiger partial charge in [-0.3, -0.25) is 39.9 Å². The molecule has 10 nitrogen and oxygen atoms in total. The van der Waals surface area contributed by atoms with Gasteiger partial charge in [-0.25, -0.2) is 9.37 Å². The summed E-state index contributed by atoms with van der Waals surface area (Å²) in [4.78, 5) is 52.2. The van der Waals surface area contributed by atoms with Crippen molar-refractivity contribution < 1.29 is 18.9 Å². The van der Waals surface area contributed by atoms with E-state index in [1.54, 1.807) is 30.3 Å². The first-order chi connectivity index (χ1) is 16.8. The second kappa shape index (κ2) is 10.1. The number of para-hydroxylation sites is 2. The Morgan fingerprint density at radius 2 is 1.69 bits per heavy atom. The van der Waals surface area contributed by atoms with Crippen LogP contribution in [0.5, 0.6) is 0 Å². The van der Waals surface area contributed by atoms with Crippen molar-refractivity contribution in [1.82, 2.24) is 20.4 Å². The Labute approximate surface area is 200 Å². The van der Waals surface area contributed by atoms with E-state index in [1.165, 1.54) is 42.5 Å². The Hall–Kier alpha value is -4.58. The number of fused-ring (bicyclic) bond motifs is 1. The lowest BCUT2D eigenvalue weighted by Gasteiger charge is -2.14. The summed E-state index contributed by atoms with van der Waals surface area (Å²) >= 11 is 0.887. The lowest BCUT2D eigenvalue weighted by atomic mass is 10.2. The second-order valence-corrected chi connectivity index (χ2v) is 8.04. The molecule has 1 aromatic heterocycles. The molecule has 1 heterocycles. The smallest absolute Gasteiger partial charge is 0.269 e. The number of rotatable bonds is 6. The molecule has 0 aliphatic carbocycles. The van der Waals surface area contributed by atoms with E-state index in [0.29, 0.717) is 10.9 Å². The van der Waals surface area contributed by atoms with E-state index >= 15 is 0 Å². The number of hydrazine groups is 1. The molecule has 0 spiro atoms. The van der Waals surface area contributed by atoms with Crippen LogP contribution in [0.3, 0.4) is 0 Å².